The Morgan fingerprint density at radius 2 is 2.08 bits per heavy atom. The van der Waals surface area contributed by atoms with Gasteiger partial charge in [0.05, 0.1) is 6.61 Å². The van der Waals surface area contributed by atoms with Crippen molar-refractivity contribution in [1.29, 1.82) is 0 Å². The summed E-state index contributed by atoms with van der Waals surface area (Å²) in [6.45, 7) is -0.551. The van der Waals surface area contributed by atoms with Crippen LogP contribution in [0.5, 0.6) is 0 Å². The molecular formula is C6H12N2O5. The fourth-order valence-corrected chi connectivity index (χ4v) is 1.20. The molecule has 1 saturated heterocycles. The van der Waals surface area contributed by atoms with E-state index in [4.69, 9.17) is 21.3 Å². The van der Waals surface area contributed by atoms with Crippen molar-refractivity contribution in [1.82, 2.24) is 0 Å². The smallest absolute Gasteiger partial charge is 0.267 e. The number of amides is 1. The van der Waals surface area contributed by atoms with E-state index < -0.39 is 36.6 Å². The lowest BCUT2D eigenvalue weighted by molar-refractivity contribution is -0.151. The Hall–Kier alpha value is -0.730. The van der Waals surface area contributed by atoms with Gasteiger partial charge >= 0.3 is 0 Å². The molecule has 1 unspecified atom stereocenters. The van der Waals surface area contributed by atoms with Crippen LogP contribution in [-0.2, 0) is 9.53 Å². The Labute approximate surface area is 73.9 Å². The van der Waals surface area contributed by atoms with E-state index in [1.54, 1.807) is 0 Å². The zero-order valence-electron chi connectivity index (χ0n) is 6.75. The number of hydrogen-bond acceptors (Lipinski definition) is 6. The average molecular weight is 192 g/mol. The second kappa shape index (κ2) is 3.20. The second-order valence-electron chi connectivity index (χ2n) is 2.93. The Bertz CT molecular complexity index is 223. The molecule has 76 valence electrons. The number of carbonyl (C=O) groups is 1. The van der Waals surface area contributed by atoms with E-state index in [0.717, 1.165) is 0 Å². The maximum Gasteiger partial charge on any atom is 0.267 e. The normalized spacial score (nSPS) is 45.1. The highest BCUT2D eigenvalue weighted by Crippen LogP contribution is 2.26. The van der Waals surface area contributed by atoms with Crippen LogP contribution in [0.3, 0.4) is 0 Å². The van der Waals surface area contributed by atoms with E-state index in [2.05, 4.69) is 0 Å². The molecule has 0 spiro atoms. The largest absolute Gasteiger partial charge is 0.394 e. The van der Waals surface area contributed by atoms with Crippen molar-refractivity contribution < 1.29 is 24.9 Å². The summed E-state index contributed by atoms with van der Waals surface area (Å²) in [7, 11) is 0. The van der Waals surface area contributed by atoms with Gasteiger partial charge in [0.2, 0.25) is 5.72 Å². The van der Waals surface area contributed by atoms with Crippen molar-refractivity contribution in [3.05, 3.63) is 0 Å². The first-order chi connectivity index (χ1) is 5.93. The zero-order valence-corrected chi connectivity index (χ0v) is 6.75. The summed E-state index contributed by atoms with van der Waals surface area (Å²) in [6.07, 6.45) is -4.13. The number of aliphatic hydroxyl groups excluding tert-OH is 3. The van der Waals surface area contributed by atoms with Crippen LogP contribution in [0.4, 0.5) is 0 Å². The monoisotopic (exact) mass is 192 g/mol. The van der Waals surface area contributed by atoms with E-state index >= 15 is 0 Å². The van der Waals surface area contributed by atoms with E-state index in [-0.39, 0.29) is 0 Å². The molecule has 7 heteroatoms. The molecule has 0 bridgehead atoms. The molecule has 0 aliphatic carbocycles. The minimum absolute atomic E-state index is 0.551. The lowest BCUT2D eigenvalue weighted by atomic mass is 10.0. The van der Waals surface area contributed by atoms with Crippen LogP contribution in [-0.4, -0.2) is 51.9 Å². The second-order valence-corrected chi connectivity index (χ2v) is 2.93. The minimum atomic E-state index is -2.12. The number of aliphatic hydroxyl groups is 3. The van der Waals surface area contributed by atoms with Crippen molar-refractivity contribution in [3.8, 4) is 0 Å². The number of carbonyl (C=O) groups excluding carboxylic acids is 1. The first-order valence-corrected chi connectivity index (χ1v) is 3.67. The standard InChI is InChI=1S/C6H12N2O5/c7-5(12)6(8)4(11)3(10)2(1-9)13-6/h2-4,9-11H,1,8H2,(H2,7,12)/t2-,3-,4-,6?/m1/s1. The number of hydrogen-bond donors (Lipinski definition) is 5. The Morgan fingerprint density at radius 3 is 2.31 bits per heavy atom. The molecule has 1 rings (SSSR count). The fourth-order valence-electron chi connectivity index (χ4n) is 1.20. The zero-order chi connectivity index (χ0) is 10.2. The number of nitrogens with two attached hydrogens (primary N) is 2. The summed E-state index contributed by atoms with van der Waals surface area (Å²) in [4.78, 5) is 10.8. The minimum Gasteiger partial charge on any atom is -0.394 e. The van der Waals surface area contributed by atoms with Crippen LogP contribution in [0.25, 0.3) is 0 Å². The van der Waals surface area contributed by atoms with Gasteiger partial charge in [0.1, 0.15) is 18.3 Å². The molecule has 0 saturated carbocycles. The molecule has 7 nitrogen and oxygen atoms in total. The van der Waals surface area contributed by atoms with Gasteiger partial charge in [-0.2, -0.15) is 0 Å². The first-order valence-electron chi connectivity index (χ1n) is 3.67. The molecule has 1 heterocycles. The molecule has 0 radical (unpaired) electrons. The summed E-state index contributed by atoms with van der Waals surface area (Å²) in [5, 5.41) is 27.2. The third-order valence-electron chi connectivity index (χ3n) is 2.06. The summed E-state index contributed by atoms with van der Waals surface area (Å²) < 4.78 is 4.74. The molecule has 4 atom stereocenters. The molecule has 0 aromatic heterocycles. The average Bonchev–Trinajstić information content (AvgIpc) is 2.31. The van der Waals surface area contributed by atoms with E-state index in [1.165, 1.54) is 0 Å². The molecule has 0 aromatic rings. The SMILES string of the molecule is NC(=O)C1(N)O[C@H](CO)[C@@H](O)[C@H]1O. The van der Waals surface area contributed by atoms with Gasteiger partial charge in [0, 0.05) is 0 Å². The van der Waals surface area contributed by atoms with Gasteiger partial charge in [-0.05, 0) is 0 Å². The lowest BCUT2D eigenvalue weighted by Gasteiger charge is -2.22. The Morgan fingerprint density at radius 1 is 1.54 bits per heavy atom. The van der Waals surface area contributed by atoms with Crippen LogP contribution in [0.15, 0.2) is 0 Å². The van der Waals surface area contributed by atoms with Crippen LogP contribution in [0.2, 0.25) is 0 Å². The van der Waals surface area contributed by atoms with Crippen molar-refractivity contribution >= 4 is 5.91 Å². The Kier molecular flexibility index (Phi) is 2.55. The highest BCUT2D eigenvalue weighted by atomic mass is 16.6. The van der Waals surface area contributed by atoms with Crippen molar-refractivity contribution in [2.75, 3.05) is 6.61 Å². The lowest BCUT2D eigenvalue weighted by Crippen LogP contribution is -2.60. The topological polar surface area (TPSA) is 139 Å². The molecule has 7 N–H and O–H groups in total. The van der Waals surface area contributed by atoms with Crippen molar-refractivity contribution in [3.63, 3.8) is 0 Å². The van der Waals surface area contributed by atoms with E-state index in [1.807, 2.05) is 0 Å². The number of ether oxygens (including phenoxy) is 1. The number of primary amides is 1. The van der Waals surface area contributed by atoms with E-state index in [9.17, 15) is 15.0 Å². The summed E-state index contributed by atoms with van der Waals surface area (Å²) in [6, 6.07) is 0. The van der Waals surface area contributed by atoms with Crippen LogP contribution >= 0.6 is 0 Å². The van der Waals surface area contributed by atoms with Gasteiger partial charge in [-0.25, -0.2) is 0 Å². The molecule has 1 fully saturated rings. The van der Waals surface area contributed by atoms with Gasteiger partial charge < -0.3 is 25.8 Å². The summed E-state index contributed by atoms with van der Waals surface area (Å²) in [5.74, 6) is -1.09. The van der Waals surface area contributed by atoms with E-state index in [0.29, 0.717) is 0 Å². The quantitative estimate of drug-likeness (QED) is 0.304. The molecule has 1 amide bonds. The predicted octanol–water partition coefficient (Wildman–Crippen LogP) is -3.76. The Balaban J connectivity index is 2.87. The first kappa shape index (κ1) is 10.4. The maximum absolute atomic E-state index is 10.8. The highest BCUT2D eigenvalue weighted by Gasteiger charge is 2.55. The van der Waals surface area contributed by atoms with Gasteiger partial charge in [0.15, 0.2) is 0 Å². The van der Waals surface area contributed by atoms with Crippen LogP contribution in [0, 0.1) is 0 Å². The molecule has 1 aliphatic rings. The predicted molar refractivity (Wildman–Crippen MR) is 40.1 cm³/mol. The van der Waals surface area contributed by atoms with Gasteiger partial charge in [-0.1, -0.05) is 0 Å². The van der Waals surface area contributed by atoms with Gasteiger partial charge in [-0.15, -0.1) is 0 Å². The third kappa shape index (κ3) is 1.40. The summed E-state index contributed by atoms with van der Waals surface area (Å²) in [5.41, 5.74) is 8.03. The fraction of sp³-hybridized carbons (Fsp3) is 0.833. The number of rotatable bonds is 2. The van der Waals surface area contributed by atoms with Gasteiger partial charge in [-0.3, -0.25) is 10.5 Å². The molecular weight excluding hydrogens is 180 g/mol. The molecule has 1 aliphatic heterocycles. The van der Waals surface area contributed by atoms with Crippen LogP contribution < -0.4 is 11.5 Å². The highest BCUT2D eigenvalue weighted by molar-refractivity contribution is 5.84. The van der Waals surface area contributed by atoms with Crippen molar-refractivity contribution in [2.45, 2.75) is 24.0 Å². The van der Waals surface area contributed by atoms with Crippen molar-refractivity contribution in [2.24, 2.45) is 11.5 Å². The molecule has 0 aromatic carbocycles. The third-order valence-corrected chi connectivity index (χ3v) is 2.06. The maximum atomic E-state index is 10.8. The molecule has 13 heavy (non-hydrogen) atoms. The van der Waals surface area contributed by atoms with Gasteiger partial charge in [0.25, 0.3) is 5.91 Å². The van der Waals surface area contributed by atoms with Crippen LogP contribution in [0.1, 0.15) is 0 Å². The summed E-state index contributed by atoms with van der Waals surface area (Å²) >= 11 is 0.